The molecule has 5 heteroatoms. The predicted octanol–water partition coefficient (Wildman–Crippen LogP) is 3.45. The van der Waals surface area contributed by atoms with Gasteiger partial charge in [0.1, 0.15) is 0 Å². The molecule has 0 spiro atoms. The Kier molecular flexibility index (Phi) is 6.00. The maximum Gasteiger partial charge on any atom is 0.246 e. The van der Waals surface area contributed by atoms with Crippen LogP contribution in [0.4, 0.5) is 0 Å². The molecule has 1 fully saturated rings. The highest BCUT2D eigenvalue weighted by molar-refractivity contribution is 7.09. The highest BCUT2D eigenvalue weighted by Gasteiger charge is 2.20. The van der Waals surface area contributed by atoms with Crippen LogP contribution in [-0.2, 0) is 17.8 Å². The van der Waals surface area contributed by atoms with Crippen LogP contribution >= 0.6 is 11.3 Å². The molecule has 132 valence electrons. The Morgan fingerprint density at radius 3 is 2.56 bits per heavy atom. The summed E-state index contributed by atoms with van der Waals surface area (Å²) in [5.41, 5.74) is 3.27. The number of carbonyl (C=O) groups excluding carboxylic acids is 1. The zero-order valence-electron chi connectivity index (χ0n) is 14.9. The summed E-state index contributed by atoms with van der Waals surface area (Å²) in [6.45, 7) is 8.39. The van der Waals surface area contributed by atoms with E-state index in [1.54, 1.807) is 17.4 Å². The topological polar surface area (TPSA) is 36.4 Å². The number of rotatable bonds is 5. The molecule has 1 amide bonds. The smallest absolute Gasteiger partial charge is 0.246 e. The molecule has 3 rings (SSSR count). The van der Waals surface area contributed by atoms with Crippen LogP contribution in [0.15, 0.2) is 41.8 Å². The molecule has 4 nitrogen and oxygen atoms in total. The van der Waals surface area contributed by atoms with Crippen LogP contribution in [0.25, 0.3) is 5.57 Å². The number of hydrogen-bond acceptors (Lipinski definition) is 4. The Labute approximate surface area is 153 Å². The minimum atomic E-state index is 0.114. The first-order chi connectivity index (χ1) is 12.2. The molecule has 1 aromatic carbocycles. The van der Waals surface area contributed by atoms with Crippen LogP contribution in [-0.4, -0.2) is 46.9 Å². The van der Waals surface area contributed by atoms with Crippen molar-refractivity contribution in [1.82, 2.24) is 14.8 Å². The minimum absolute atomic E-state index is 0.114. The van der Waals surface area contributed by atoms with Crippen molar-refractivity contribution in [2.24, 2.45) is 0 Å². The molecule has 2 aromatic rings. The standard InChI is InChI=1S/C20H25N3OS/c1-3-19-21-18(15-25-19)14-22-9-11-23(12-10-22)20(24)13-16(2)17-7-5-4-6-8-17/h4-8,13,15H,3,9-12,14H2,1-2H3. The zero-order chi connectivity index (χ0) is 17.6. The maximum atomic E-state index is 12.5. The SMILES string of the molecule is CCc1nc(CN2CCN(C(=O)C=C(C)c3ccccc3)CC2)cs1. The molecule has 0 aliphatic carbocycles. The van der Waals surface area contributed by atoms with E-state index in [0.29, 0.717) is 0 Å². The van der Waals surface area contributed by atoms with Gasteiger partial charge in [0.05, 0.1) is 10.7 Å². The van der Waals surface area contributed by atoms with E-state index in [9.17, 15) is 4.79 Å². The molecule has 25 heavy (non-hydrogen) atoms. The fourth-order valence-electron chi connectivity index (χ4n) is 3.00. The lowest BCUT2D eigenvalue weighted by Crippen LogP contribution is -2.47. The third-order valence-corrected chi connectivity index (χ3v) is 5.58. The van der Waals surface area contributed by atoms with Gasteiger partial charge in [0.2, 0.25) is 5.91 Å². The lowest BCUT2D eigenvalue weighted by molar-refractivity contribution is -0.127. The number of allylic oxidation sites excluding steroid dienone is 1. The van der Waals surface area contributed by atoms with Crippen molar-refractivity contribution in [2.45, 2.75) is 26.8 Å². The molecule has 1 aliphatic rings. The Balaban J connectivity index is 1.52. The Bertz CT molecular complexity index is 730. The van der Waals surface area contributed by atoms with Gasteiger partial charge in [-0.1, -0.05) is 37.3 Å². The van der Waals surface area contributed by atoms with E-state index in [4.69, 9.17) is 0 Å². The average Bonchev–Trinajstić information content (AvgIpc) is 3.10. The predicted molar refractivity (Wildman–Crippen MR) is 103 cm³/mol. The summed E-state index contributed by atoms with van der Waals surface area (Å²) in [6, 6.07) is 10.1. The van der Waals surface area contributed by atoms with E-state index in [-0.39, 0.29) is 5.91 Å². The minimum Gasteiger partial charge on any atom is -0.337 e. The second-order valence-electron chi connectivity index (χ2n) is 6.38. The van der Waals surface area contributed by atoms with Crippen molar-refractivity contribution in [3.8, 4) is 0 Å². The summed E-state index contributed by atoms with van der Waals surface area (Å²) in [7, 11) is 0. The Morgan fingerprint density at radius 2 is 1.92 bits per heavy atom. The van der Waals surface area contributed by atoms with E-state index in [2.05, 4.69) is 22.2 Å². The number of benzene rings is 1. The molecular weight excluding hydrogens is 330 g/mol. The third-order valence-electron chi connectivity index (χ3n) is 4.54. The molecule has 0 unspecified atom stereocenters. The molecule has 2 heterocycles. The summed E-state index contributed by atoms with van der Waals surface area (Å²) in [5, 5.41) is 3.35. The molecule has 1 aliphatic heterocycles. The zero-order valence-corrected chi connectivity index (χ0v) is 15.8. The van der Waals surface area contributed by atoms with E-state index in [0.717, 1.165) is 56.0 Å². The fraction of sp³-hybridized carbons (Fsp3) is 0.400. The lowest BCUT2D eigenvalue weighted by Gasteiger charge is -2.34. The molecule has 0 bridgehead atoms. The molecule has 0 radical (unpaired) electrons. The highest BCUT2D eigenvalue weighted by Crippen LogP contribution is 2.16. The van der Waals surface area contributed by atoms with E-state index in [1.807, 2.05) is 42.2 Å². The molecule has 0 atom stereocenters. The summed E-state index contributed by atoms with van der Waals surface area (Å²) < 4.78 is 0. The van der Waals surface area contributed by atoms with Crippen molar-refractivity contribution in [1.29, 1.82) is 0 Å². The van der Waals surface area contributed by atoms with Crippen LogP contribution in [0.2, 0.25) is 0 Å². The van der Waals surface area contributed by atoms with Crippen molar-refractivity contribution < 1.29 is 4.79 Å². The molecular formula is C20H25N3OS. The number of amides is 1. The van der Waals surface area contributed by atoms with Crippen LogP contribution in [0.3, 0.4) is 0 Å². The largest absolute Gasteiger partial charge is 0.337 e. The third kappa shape index (κ3) is 4.77. The average molecular weight is 356 g/mol. The summed E-state index contributed by atoms with van der Waals surface area (Å²) in [5.74, 6) is 0.114. The molecule has 1 aromatic heterocycles. The van der Waals surface area contributed by atoms with Gasteiger partial charge in [0.15, 0.2) is 0 Å². The number of aryl methyl sites for hydroxylation is 1. The van der Waals surface area contributed by atoms with Gasteiger partial charge < -0.3 is 4.90 Å². The molecule has 0 N–H and O–H groups in total. The van der Waals surface area contributed by atoms with Crippen LogP contribution in [0.5, 0.6) is 0 Å². The first-order valence-corrected chi connectivity index (χ1v) is 9.72. The van der Waals surface area contributed by atoms with Crippen molar-refractivity contribution in [3.63, 3.8) is 0 Å². The Hall–Kier alpha value is -1.98. The van der Waals surface area contributed by atoms with Crippen LogP contribution < -0.4 is 0 Å². The lowest BCUT2D eigenvalue weighted by atomic mass is 10.1. The summed E-state index contributed by atoms with van der Waals surface area (Å²) >= 11 is 1.74. The van der Waals surface area contributed by atoms with Gasteiger partial charge in [-0.25, -0.2) is 4.98 Å². The maximum absolute atomic E-state index is 12.5. The van der Waals surface area contributed by atoms with E-state index in [1.165, 1.54) is 5.01 Å². The van der Waals surface area contributed by atoms with Gasteiger partial charge in [-0.3, -0.25) is 9.69 Å². The number of piperazine rings is 1. The fourth-order valence-corrected chi connectivity index (χ4v) is 3.74. The van der Waals surface area contributed by atoms with Gasteiger partial charge in [-0.15, -0.1) is 11.3 Å². The van der Waals surface area contributed by atoms with Crippen molar-refractivity contribution in [2.75, 3.05) is 26.2 Å². The van der Waals surface area contributed by atoms with Crippen molar-refractivity contribution in [3.05, 3.63) is 58.1 Å². The summed E-state index contributed by atoms with van der Waals surface area (Å²) in [4.78, 5) is 21.5. The number of nitrogens with zero attached hydrogens (tertiary/aromatic N) is 3. The van der Waals surface area contributed by atoms with E-state index >= 15 is 0 Å². The van der Waals surface area contributed by atoms with Crippen LogP contribution in [0.1, 0.15) is 30.1 Å². The van der Waals surface area contributed by atoms with Gasteiger partial charge in [0, 0.05) is 44.2 Å². The van der Waals surface area contributed by atoms with Crippen LogP contribution in [0, 0.1) is 0 Å². The second kappa shape index (κ2) is 8.41. The first-order valence-electron chi connectivity index (χ1n) is 8.84. The molecule has 0 saturated carbocycles. The first kappa shape index (κ1) is 17.8. The molecule has 1 saturated heterocycles. The van der Waals surface area contributed by atoms with Gasteiger partial charge in [0.25, 0.3) is 0 Å². The normalized spacial score (nSPS) is 16.2. The summed E-state index contributed by atoms with van der Waals surface area (Å²) in [6.07, 6.45) is 2.76. The highest BCUT2D eigenvalue weighted by atomic mass is 32.1. The number of carbonyl (C=O) groups is 1. The monoisotopic (exact) mass is 355 g/mol. The van der Waals surface area contributed by atoms with Gasteiger partial charge >= 0.3 is 0 Å². The number of aromatic nitrogens is 1. The quantitative estimate of drug-likeness (QED) is 0.771. The van der Waals surface area contributed by atoms with Crippen molar-refractivity contribution >= 4 is 22.8 Å². The van der Waals surface area contributed by atoms with Gasteiger partial charge in [-0.05, 0) is 24.5 Å². The number of thiazole rings is 1. The second-order valence-corrected chi connectivity index (χ2v) is 7.32. The van der Waals surface area contributed by atoms with Gasteiger partial charge in [-0.2, -0.15) is 0 Å². The van der Waals surface area contributed by atoms with E-state index < -0.39 is 0 Å². The Morgan fingerprint density at radius 1 is 1.20 bits per heavy atom. The number of hydrogen-bond donors (Lipinski definition) is 0.